The number of thiophene rings is 1. The average molecular weight is 513 g/mol. The Morgan fingerprint density at radius 1 is 0.919 bits per heavy atom. The molecule has 0 radical (unpaired) electrons. The van der Waals surface area contributed by atoms with E-state index in [2.05, 4.69) is 15.6 Å². The largest absolute Gasteiger partial charge is 0.438 e. The van der Waals surface area contributed by atoms with Crippen LogP contribution in [0.1, 0.15) is 32.5 Å². The van der Waals surface area contributed by atoms with Crippen molar-refractivity contribution >= 4 is 34.9 Å². The lowest BCUT2D eigenvalue weighted by Gasteiger charge is -2.24. The van der Waals surface area contributed by atoms with Gasteiger partial charge in [-0.15, -0.1) is 11.3 Å². The number of nitrogens with one attached hydrogen (secondary N) is 2. The van der Waals surface area contributed by atoms with Crippen LogP contribution in [0.25, 0.3) is 0 Å². The van der Waals surface area contributed by atoms with E-state index < -0.39 is 18.2 Å². The molecule has 1 fully saturated rings. The van der Waals surface area contributed by atoms with Crippen molar-refractivity contribution in [1.29, 1.82) is 0 Å². The van der Waals surface area contributed by atoms with Gasteiger partial charge in [0.2, 0.25) is 5.91 Å². The van der Waals surface area contributed by atoms with Crippen LogP contribution in [0.3, 0.4) is 0 Å². The fraction of sp³-hybridized carbons (Fsp3) is 0.143. The van der Waals surface area contributed by atoms with Gasteiger partial charge in [-0.1, -0.05) is 48.5 Å². The number of ether oxygens (including phenoxy) is 1. The quantitative estimate of drug-likeness (QED) is 0.354. The van der Waals surface area contributed by atoms with Crippen molar-refractivity contribution in [3.8, 4) is 0 Å². The molecule has 186 valence electrons. The highest BCUT2D eigenvalue weighted by Crippen LogP contribution is 2.34. The van der Waals surface area contributed by atoms with E-state index in [0.717, 1.165) is 11.1 Å². The van der Waals surface area contributed by atoms with Crippen LogP contribution in [0.15, 0.2) is 96.6 Å². The van der Waals surface area contributed by atoms with Crippen LogP contribution < -0.4 is 10.6 Å². The lowest BCUT2D eigenvalue weighted by atomic mass is 10.00. The topological polar surface area (TPSA) is 101 Å². The van der Waals surface area contributed by atoms with Crippen LogP contribution in [0, 0.1) is 0 Å². The van der Waals surface area contributed by atoms with Gasteiger partial charge < -0.3 is 15.4 Å². The Balaban J connectivity index is 1.36. The van der Waals surface area contributed by atoms with E-state index in [1.165, 1.54) is 16.2 Å². The summed E-state index contributed by atoms with van der Waals surface area (Å²) in [5.74, 6) is -0.517. The second-order valence-electron chi connectivity index (χ2n) is 8.49. The standard InChI is InChI=1S/C28H24N4O4S/c33-26(23-7-4-16-37-23)31-22-10-8-21(9-11-22)25-24(27(34)30-17-19-12-14-29-15-13-19)32(28(35)36-25)18-20-5-2-1-3-6-20/h1-16,24-25H,17-18H2,(H,30,34)(H,31,33). The van der Waals surface area contributed by atoms with E-state index in [1.54, 1.807) is 42.7 Å². The average Bonchev–Trinajstić information content (AvgIpc) is 3.58. The minimum atomic E-state index is -0.874. The summed E-state index contributed by atoms with van der Waals surface area (Å²) >= 11 is 1.36. The van der Waals surface area contributed by atoms with Gasteiger partial charge in [-0.2, -0.15) is 0 Å². The summed E-state index contributed by atoms with van der Waals surface area (Å²) in [6.07, 6.45) is 1.95. The lowest BCUT2D eigenvalue weighted by molar-refractivity contribution is -0.126. The minimum absolute atomic E-state index is 0.197. The first-order valence-corrected chi connectivity index (χ1v) is 12.6. The monoisotopic (exact) mass is 512 g/mol. The maximum absolute atomic E-state index is 13.4. The van der Waals surface area contributed by atoms with Gasteiger partial charge in [0.25, 0.3) is 5.91 Å². The zero-order chi connectivity index (χ0) is 25.6. The van der Waals surface area contributed by atoms with E-state index in [1.807, 2.05) is 53.9 Å². The van der Waals surface area contributed by atoms with Gasteiger partial charge in [-0.25, -0.2) is 4.79 Å². The third-order valence-corrected chi connectivity index (χ3v) is 6.88. The molecular weight excluding hydrogens is 488 g/mol. The Kier molecular flexibility index (Phi) is 7.23. The maximum atomic E-state index is 13.4. The Bertz CT molecular complexity index is 1360. The number of carbonyl (C=O) groups excluding carboxylic acids is 3. The van der Waals surface area contributed by atoms with E-state index >= 15 is 0 Å². The molecule has 2 atom stereocenters. The Morgan fingerprint density at radius 2 is 1.68 bits per heavy atom. The van der Waals surface area contributed by atoms with Crippen LogP contribution in [0.4, 0.5) is 10.5 Å². The van der Waals surface area contributed by atoms with Crippen LogP contribution in [0.5, 0.6) is 0 Å². The van der Waals surface area contributed by atoms with Crippen LogP contribution >= 0.6 is 11.3 Å². The zero-order valence-electron chi connectivity index (χ0n) is 19.7. The molecule has 2 unspecified atom stereocenters. The fourth-order valence-electron chi connectivity index (χ4n) is 4.14. The van der Waals surface area contributed by atoms with Crippen molar-refractivity contribution in [2.75, 3.05) is 5.32 Å². The third kappa shape index (κ3) is 5.68. The predicted octanol–water partition coefficient (Wildman–Crippen LogP) is 4.77. The number of benzene rings is 2. The SMILES string of the molecule is O=C(Nc1ccc(C2OC(=O)N(Cc3ccccc3)C2C(=O)NCc2ccncc2)cc1)c1cccs1. The molecule has 2 aromatic carbocycles. The first-order chi connectivity index (χ1) is 18.1. The molecule has 0 saturated carbocycles. The van der Waals surface area contributed by atoms with Crippen molar-refractivity contribution in [3.63, 3.8) is 0 Å². The van der Waals surface area contributed by atoms with Crippen molar-refractivity contribution in [1.82, 2.24) is 15.2 Å². The molecule has 9 heteroatoms. The molecule has 0 aliphatic carbocycles. The smallest absolute Gasteiger partial charge is 0.411 e. The fourth-order valence-corrected chi connectivity index (χ4v) is 4.76. The molecule has 4 aromatic rings. The van der Waals surface area contributed by atoms with E-state index in [4.69, 9.17) is 4.74 Å². The highest BCUT2D eigenvalue weighted by atomic mass is 32.1. The van der Waals surface area contributed by atoms with Crippen LogP contribution in [0.2, 0.25) is 0 Å². The number of hydrogen-bond donors (Lipinski definition) is 2. The Morgan fingerprint density at radius 3 is 2.38 bits per heavy atom. The molecule has 3 amide bonds. The maximum Gasteiger partial charge on any atom is 0.411 e. The van der Waals surface area contributed by atoms with Gasteiger partial charge in [0, 0.05) is 24.6 Å². The van der Waals surface area contributed by atoms with Crippen molar-refractivity contribution in [3.05, 3.63) is 118 Å². The summed E-state index contributed by atoms with van der Waals surface area (Å²) in [7, 11) is 0. The molecule has 3 heterocycles. The first-order valence-electron chi connectivity index (χ1n) is 11.7. The summed E-state index contributed by atoms with van der Waals surface area (Å²) in [6, 6.07) is 22.8. The highest BCUT2D eigenvalue weighted by Gasteiger charge is 2.46. The van der Waals surface area contributed by atoms with Gasteiger partial charge in [0.05, 0.1) is 11.4 Å². The molecule has 1 saturated heterocycles. The Hall–Kier alpha value is -4.50. The highest BCUT2D eigenvalue weighted by molar-refractivity contribution is 7.12. The number of carbonyl (C=O) groups is 3. The van der Waals surface area contributed by atoms with Crippen molar-refractivity contribution in [2.45, 2.75) is 25.2 Å². The molecule has 0 bridgehead atoms. The second-order valence-corrected chi connectivity index (χ2v) is 9.44. The second kappa shape index (κ2) is 11.0. The summed E-state index contributed by atoms with van der Waals surface area (Å²) in [5, 5.41) is 7.63. The van der Waals surface area contributed by atoms with Crippen LogP contribution in [-0.4, -0.2) is 33.8 Å². The predicted molar refractivity (Wildman–Crippen MR) is 140 cm³/mol. The summed E-state index contributed by atoms with van der Waals surface area (Å²) in [6.45, 7) is 0.532. The van der Waals surface area contributed by atoms with Gasteiger partial charge >= 0.3 is 6.09 Å². The number of pyridine rings is 1. The summed E-state index contributed by atoms with van der Waals surface area (Å²) in [4.78, 5) is 44.8. The zero-order valence-corrected chi connectivity index (χ0v) is 20.6. The number of rotatable bonds is 8. The number of amides is 3. The van der Waals surface area contributed by atoms with E-state index in [0.29, 0.717) is 22.7 Å². The molecule has 2 N–H and O–H groups in total. The number of cyclic esters (lactones) is 1. The number of nitrogens with zero attached hydrogens (tertiary/aromatic N) is 2. The number of aromatic nitrogens is 1. The number of anilines is 1. The van der Waals surface area contributed by atoms with Crippen LogP contribution in [-0.2, 0) is 22.6 Å². The molecule has 5 rings (SSSR count). The molecule has 8 nitrogen and oxygen atoms in total. The molecule has 2 aromatic heterocycles. The van der Waals surface area contributed by atoms with E-state index in [-0.39, 0.29) is 18.4 Å². The van der Waals surface area contributed by atoms with Crippen molar-refractivity contribution < 1.29 is 19.1 Å². The summed E-state index contributed by atoms with van der Waals surface area (Å²) in [5.41, 5.74) is 3.04. The third-order valence-electron chi connectivity index (χ3n) is 6.01. The molecular formula is C28H24N4O4S. The molecule has 1 aliphatic rings. The van der Waals surface area contributed by atoms with Gasteiger partial charge in [0.1, 0.15) is 0 Å². The normalized spacial score (nSPS) is 16.8. The molecule has 0 spiro atoms. The lowest BCUT2D eigenvalue weighted by Crippen LogP contribution is -2.46. The van der Waals surface area contributed by atoms with Gasteiger partial charge in [-0.3, -0.25) is 19.5 Å². The number of hydrogen-bond acceptors (Lipinski definition) is 6. The van der Waals surface area contributed by atoms with Crippen molar-refractivity contribution in [2.24, 2.45) is 0 Å². The van der Waals surface area contributed by atoms with Gasteiger partial charge in [-0.05, 0) is 52.4 Å². The van der Waals surface area contributed by atoms with Gasteiger partial charge in [0.15, 0.2) is 12.1 Å². The molecule has 1 aliphatic heterocycles. The minimum Gasteiger partial charge on any atom is -0.438 e. The first kappa shape index (κ1) is 24.2. The molecule has 37 heavy (non-hydrogen) atoms. The Labute approximate surface area is 217 Å². The summed E-state index contributed by atoms with van der Waals surface area (Å²) < 4.78 is 5.73. The van der Waals surface area contributed by atoms with E-state index in [9.17, 15) is 14.4 Å².